The van der Waals surface area contributed by atoms with Gasteiger partial charge in [0.25, 0.3) is 6.43 Å². The number of alkyl halides is 2. The molecular formula is C15H23F2N3OS. The molecule has 1 N–H and O–H groups in total. The van der Waals surface area contributed by atoms with Gasteiger partial charge in [0.2, 0.25) is 0 Å². The lowest BCUT2D eigenvalue weighted by Crippen LogP contribution is -2.43. The van der Waals surface area contributed by atoms with Crippen LogP contribution in [0.5, 0.6) is 0 Å². The van der Waals surface area contributed by atoms with Crippen LogP contribution in [-0.4, -0.2) is 61.5 Å². The molecule has 0 aromatic carbocycles. The van der Waals surface area contributed by atoms with Gasteiger partial charge in [0, 0.05) is 43.5 Å². The molecule has 4 nitrogen and oxygen atoms in total. The Morgan fingerprint density at radius 3 is 2.86 bits per heavy atom. The summed E-state index contributed by atoms with van der Waals surface area (Å²) in [6, 6.07) is 3.97. The van der Waals surface area contributed by atoms with Crippen LogP contribution in [0.15, 0.2) is 17.5 Å². The van der Waals surface area contributed by atoms with Crippen LogP contribution in [-0.2, 0) is 0 Å². The third-order valence-corrected chi connectivity index (χ3v) is 4.96. The van der Waals surface area contributed by atoms with Crippen LogP contribution in [0.2, 0.25) is 0 Å². The molecule has 0 radical (unpaired) electrons. The van der Waals surface area contributed by atoms with Gasteiger partial charge in [-0.1, -0.05) is 13.0 Å². The monoisotopic (exact) mass is 331 g/mol. The fraction of sp³-hybridized carbons (Fsp3) is 0.667. The molecule has 0 bridgehead atoms. The van der Waals surface area contributed by atoms with Crippen molar-refractivity contribution in [2.75, 3.05) is 39.3 Å². The fourth-order valence-electron chi connectivity index (χ4n) is 2.58. The molecule has 124 valence electrons. The minimum atomic E-state index is -2.31. The quantitative estimate of drug-likeness (QED) is 0.900. The molecule has 2 heterocycles. The summed E-state index contributed by atoms with van der Waals surface area (Å²) in [4.78, 5) is 16.9. The van der Waals surface area contributed by atoms with Gasteiger partial charge in [0.1, 0.15) is 0 Å². The molecule has 1 aliphatic rings. The van der Waals surface area contributed by atoms with Crippen molar-refractivity contribution in [3.05, 3.63) is 22.4 Å². The van der Waals surface area contributed by atoms with Crippen LogP contribution < -0.4 is 5.32 Å². The number of amides is 2. The summed E-state index contributed by atoms with van der Waals surface area (Å²) in [5.74, 6) is 0.284. The second-order valence-electron chi connectivity index (χ2n) is 5.63. The number of hydrogen-bond acceptors (Lipinski definition) is 3. The van der Waals surface area contributed by atoms with Crippen LogP contribution in [0.25, 0.3) is 0 Å². The summed E-state index contributed by atoms with van der Waals surface area (Å²) in [6.45, 7) is 4.74. The highest BCUT2D eigenvalue weighted by Gasteiger charge is 2.21. The average Bonchev–Trinajstić information content (AvgIpc) is 2.92. The van der Waals surface area contributed by atoms with E-state index in [1.54, 1.807) is 21.1 Å². The Labute approximate surface area is 134 Å². The van der Waals surface area contributed by atoms with Crippen molar-refractivity contribution in [1.29, 1.82) is 0 Å². The van der Waals surface area contributed by atoms with Crippen molar-refractivity contribution in [2.45, 2.75) is 25.7 Å². The van der Waals surface area contributed by atoms with E-state index in [0.717, 1.165) is 6.42 Å². The zero-order chi connectivity index (χ0) is 15.9. The van der Waals surface area contributed by atoms with E-state index in [4.69, 9.17) is 0 Å². The smallest absolute Gasteiger partial charge is 0.317 e. The van der Waals surface area contributed by atoms with Crippen LogP contribution >= 0.6 is 11.3 Å². The molecule has 1 aromatic rings. The van der Waals surface area contributed by atoms with Gasteiger partial charge in [0.05, 0.1) is 6.54 Å². The number of nitrogens with one attached hydrogen (secondary N) is 1. The first kappa shape index (κ1) is 17.1. The fourth-order valence-corrected chi connectivity index (χ4v) is 3.36. The van der Waals surface area contributed by atoms with Crippen molar-refractivity contribution in [1.82, 2.24) is 15.1 Å². The second kappa shape index (κ2) is 8.43. The van der Waals surface area contributed by atoms with Crippen molar-refractivity contribution >= 4 is 17.4 Å². The van der Waals surface area contributed by atoms with Gasteiger partial charge < -0.3 is 10.2 Å². The SMILES string of the molecule is CC(CNC(=O)N1CCCN(CC(F)F)CC1)c1cccs1. The second-order valence-corrected chi connectivity index (χ2v) is 6.61. The lowest BCUT2D eigenvalue weighted by atomic mass is 10.1. The molecule has 1 fully saturated rings. The van der Waals surface area contributed by atoms with Crippen molar-refractivity contribution < 1.29 is 13.6 Å². The van der Waals surface area contributed by atoms with Crippen LogP contribution in [0.3, 0.4) is 0 Å². The van der Waals surface area contributed by atoms with Crippen molar-refractivity contribution in [3.63, 3.8) is 0 Å². The van der Waals surface area contributed by atoms with E-state index in [-0.39, 0.29) is 18.5 Å². The topological polar surface area (TPSA) is 35.6 Å². The molecule has 1 unspecified atom stereocenters. The number of urea groups is 1. The summed E-state index contributed by atoms with van der Waals surface area (Å²) in [7, 11) is 0. The first-order valence-electron chi connectivity index (χ1n) is 7.63. The minimum absolute atomic E-state index is 0.0951. The minimum Gasteiger partial charge on any atom is -0.337 e. The van der Waals surface area contributed by atoms with E-state index in [9.17, 15) is 13.6 Å². The predicted molar refractivity (Wildman–Crippen MR) is 84.8 cm³/mol. The first-order valence-corrected chi connectivity index (χ1v) is 8.51. The molecule has 0 aliphatic carbocycles. The Kier molecular flexibility index (Phi) is 6.57. The summed E-state index contributed by atoms with van der Waals surface area (Å²) < 4.78 is 24.8. The van der Waals surface area contributed by atoms with Gasteiger partial charge in [0.15, 0.2) is 0 Å². The first-order chi connectivity index (χ1) is 10.6. The molecule has 22 heavy (non-hydrogen) atoms. The van der Waals surface area contributed by atoms with Crippen molar-refractivity contribution in [3.8, 4) is 0 Å². The lowest BCUT2D eigenvalue weighted by molar-refractivity contribution is 0.0904. The van der Waals surface area contributed by atoms with E-state index in [2.05, 4.69) is 18.3 Å². The molecule has 2 rings (SSSR count). The van der Waals surface area contributed by atoms with Gasteiger partial charge >= 0.3 is 6.03 Å². The largest absolute Gasteiger partial charge is 0.337 e. The highest BCUT2D eigenvalue weighted by molar-refractivity contribution is 7.10. The third-order valence-electron chi connectivity index (χ3n) is 3.86. The Balaban J connectivity index is 1.75. The lowest BCUT2D eigenvalue weighted by Gasteiger charge is -2.23. The maximum atomic E-state index is 12.4. The molecule has 1 saturated heterocycles. The zero-order valence-electron chi connectivity index (χ0n) is 12.8. The Hall–Kier alpha value is -1.21. The highest BCUT2D eigenvalue weighted by Crippen LogP contribution is 2.19. The van der Waals surface area contributed by atoms with E-state index < -0.39 is 6.43 Å². The standard InChI is InChI=1S/C15H23F2N3OS/c1-12(13-4-2-9-22-13)10-18-15(21)20-6-3-5-19(7-8-20)11-14(16)17/h2,4,9,12,14H,3,5-8,10-11H2,1H3,(H,18,21). The Morgan fingerprint density at radius 2 is 2.18 bits per heavy atom. The number of nitrogens with zero attached hydrogens (tertiary/aromatic N) is 2. The molecular weight excluding hydrogens is 308 g/mol. The van der Waals surface area contributed by atoms with Gasteiger partial charge in [-0.05, 0) is 17.9 Å². The molecule has 1 atom stereocenters. The van der Waals surface area contributed by atoms with Crippen molar-refractivity contribution in [2.24, 2.45) is 0 Å². The predicted octanol–water partition coefficient (Wildman–Crippen LogP) is 2.83. The van der Waals surface area contributed by atoms with Gasteiger partial charge in [-0.3, -0.25) is 4.90 Å². The van der Waals surface area contributed by atoms with E-state index in [1.807, 2.05) is 11.4 Å². The van der Waals surface area contributed by atoms with E-state index in [0.29, 0.717) is 32.7 Å². The molecule has 7 heteroatoms. The number of carbonyl (C=O) groups is 1. The normalized spacial score (nSPS) is 18.3. The number of halogens is 2. The average molecular weight is 331 g/mol. The third kappa shape index (κ3) is 5.21. The number of carbonyl (C=O) groups excluding carboxylic acids is 1. The molecule has 1 aliphatic heterocycles. The van der Waals surface area contributed by atoms with Crippen LogP contribution in [0.4, 0.5) is 13.6 Å². The maximum absolute atomic E-state index is 12.4. The maximum Gasteiger partial charge on any atom is 0.317 e. The summed E-state index contributed by atoms with van der Waals surface area (Å²) in [6.07, 6.45) is -1.58. The Morgan fingerprint density at radius 1 is 1.36 bits per heavy atom. The summed E-state index contributed by atoms with van der Waals surface area (Å²) >= 11 is 1.68. The number of thiophene rings is 1. The van der Waals surface area contributed by atoms with E-state index >= 15 is 0 Å². The molecule has 0 saturated carbocycles. The van der Waals surface area contributed by atoms with Crippen LogP contribution in [0, 0.1) is 0 Å². The molecule has 0 spiro atoms. The summed E-state index contributed by atoms with van der Waals surface area (Å²) in [5.41, 5.74) is 0. The number of hydrogen-bond donors (Lipinski definition) is 1. The van der Waals surface area contributed by atoms with E-state index in [1.165, 1.54) is 4.88 Å². The van der Waals surface area contributed by atoms with Gasteiger partial charge in [-0.25, -0.2) is 13.6 Å². The Bertz CT molecular complexity index is 456. The highest BCUT2D eigenvalue weighted by atomic mass is 32.1. The molecule has 2 amide bonds. The zero-order valence-corrected chi connectivity index (χ0v) is 13.6. The molecule has 1 aromatic heterocycles. The summed E-state index contributed by atoms with van der Waals surface area (Å²) in [5, 5.41) is 4.98. The van der Waals surface area contributed by atoms with Gasteiger partial charge in [-0.2, -0.15) is 0 Å². The number of rotatable bonds is 5. The van der Waals surface area contributed by atoms with Gasteiger partial charge in [-0.15, -0.1) is 11.3 Å². The van der Waals surface area contributed by atoms with Crippen LogP contribution in [0.1, 0.15) is 24.1 Å².